The molecule has 2 nitrogen and oxygen atoms in total. The first-order chi connectivity index (χ1) is 4.72. The Labute approximate surface area is 62.9 Å². The van der Waals surface area contributed by atoms with Crippen LogP contribution in [-0.2, 0) is 0 Å². The zero-order valence-corrected chi connectivity index (χ0v) is 6.88. The van der Waals surface area contributed by atoms with Crippen molar-refractivity contribution in [1.29, 1.82) is 0 Å². The van der Waals surface area contributed by atoms with Crippen LogP contribution in [0.5, 0.6) is 0 Å². The van der Waals surface area contributed by atoms with E-state index in [-0.39, 0.29) is 5.92 Å². The van der Waals surface area contributed by atoms with Crippen molar-refractivity contribution in [1.82, 2.24) is 0 Å². The molecule has 0 aromatic rings. The van der Waals surface area contributed by atoms with Crippen molar-refractivity contribution >= 4 is 0 Å². The van der Waals surface area contributed by atoms with Gasteiger partial charge >= 0.3 is 0 Å². The first-order valence-electron chi connectivity index (χ1n) is 4.08. The maximum atomic E-state index is 8.83. The molecule has 0 atom stereocenters. The highest BCUT2D eigenvalue weighted by Crippen LogP contribution is 2.15. The maximum absolute atomic E-state index is 8.83. The molecular weight excluding hydrogens is 128 g/mol. The van der Waals surface area contributed by atoms with Crippen LogP contribution in [0.2, 0.25) is 0 Å². The molecule has 0 heterocycles. The molecule has 0 unspecified atom stereocenters. The van der Waals surface area contributed by atoms with Gasteiger partial charge in [-0.25, -0.2) is 0 Å². The lowest BCUT2D eigenvalue weighted by Gasteiger charge is -2.16. The van der Waals surface area contributed by atoms with Gasteiger partial charge in [0.1, 0.15) is 0 Å². The van der Waals surface area contributed by atoms with Crippen LogP contribution in [0.3, 0.4) is 0 Å². The molecule has 0 radical (unpaired) electrons. The first kappa shape index (κ1) is 9.92. The topological polar surface area (TPSA) is 40.5 Å². The Bertz CT molecular complexity index is 65.7. The van der Waals surface area contributed by atoms with Crippen molar-refractivity contribution in [3.05, 3.63) is 0 Å². The van der Waals surface area contributed by atoms with Gasteiger partial charge in [-0.3, -0.25) is 0 Å². The molecule has 0 rings (SSSR count). The highest BCUT2D eigenvalue weighted by atomic mass is 16.5. The standard InChI is InChI=1S/C8H18O2/c1-3-5-7(6-4-2)8(9)10/h7-10H,3-6H2,1-2H3. The second kappa shape index (κ2) is 5.69. The summed E-state index contributed by atoms with van der Waals surface area (Å²) in [4.78, 5) is 0. The van der Waals surface area contributed by atoms with Crippen LogP contribution in [0.4, 0.5) is 0 Å². The molecule has 10 heavy (non-hydrogen) atoms. The summed E-state index contributed by atoms with van der Waals surface area (Å²) in [7, 11) is 0. The Hall–Kier alpha value is -0.0800. The van der Waals surface area contributed by atoms with E-state index in [1.165, 1.54) is 0 Å². The molecule has 0 saturated heterocycles. The predicted octanol–water partition coefficient (Wildman–Crippen LogP) is 1.51. The summed E-state index contributed by atoms with van der Waals surface area (Å²) in [6, 6.07) is 0. The fraction of sp³-hybridized carbons (Fsp3) is 1.00. The fourth-order valence-corrected chi connectivity index (χ4v) is 1.18. The van der Waals surface area contributed by atoms with E-state index in [1.807, 2.05) is 0 Å². The van der Waals surface area contributed by atoms with Crippen molar-refractivity contribution in [2.75, 3.05) is 0 Å². The van der Waals surface area contributed by atoms with Crippen molar-refractivity contribution in [3.63, 3.8) is 0 Å². The zero-order chi connectivity index (χ0) is 7.98. The van der Waals surface area contributed by atoms with Gasteiger partial charge in [0.15, 0.2) is 6.29 Å². The molecule has 0 saturated carbocycles. The van der Waals surface area contributed by atoms with Gasteiger partial charge < -0.3 is 10.2 Å². The Morgan fingerprint density at radius 2 is 1.40 bits per heavy atom. The van der Waals surface area contributed by atoms with E-state index in [2.05, 4.69) is 13.8 Å². The van der Waals surface area contributed by atoms with Crippen molar-refractivity contribution in [3.8, 4) is 0 Å². The highest BCUT2D eigenvalue weighted by Gasteiger charge is 2.13. The lowest BCUT2D eigenvalue weighted by atomic mass is 9.98. The van der Waals surface area contributed by atoms with Crippen molar-refractivity contribution in [2.45, 2.75) is 45.8 Å². The number of aliphatic hydroxyl groups excluding tert-OH is 1. The van der Waals surface area contributed by atoms with Gasteiger partial charge in [-0.2, -0.15) is 0 Å². The lowest BCUT2D eigenvalue weighted by Crippen LogP contribution is -2.19. The average Bonchev–Trinajstić information content (AvgIpc) is 1.87. The molecule has 2 N–H and O–H groups in total. The van der Waals surface area contributed by atoms with Gasteiger partial charge in [-0.1, -0.05) is 26.7 Å². The molecular formula is C8H18O2. The molecule has 0 aliphatic carbocycles. The molecule has 0 aliphatic heterocycles. The van der Waals surface area contributed by atoms with E-state index < -0.39 is 6.29 Å². The molecule has 62 valence electrons. The van der Waals surface area contributed by atoms with E-state index in [9.17, 15) is 0 Å². The molecule has 0 aromatic heterocycles. The summed E-state index contributed by atoms with van der Waals surface area (Å²) < 4.78 is 0. The smallest absolute Gasteiger partial charge is 0.154 e. The maximum Gasteiger partial charge on any atom is 0.154 e. The lowest BCUT2D eigenvalue weighted by molar-refractivity contribution is -0.0882. The van der Waals surface area contributed by atoms with Gasteiger partial charge in [0.2, 0.25) is 0 Å². The van der Waals surface area contributed by atoms with Gasteiger partial charge in [-0.15, -0.1) is 0 Å². The van der Waals surface area contributed by atoms with Crippen molar-refractivity contribution < 1.29 is 10.2 Å². The second-order valence-electron chi connectivity index (χ2n) is 2.75. The Morgan fingerprint density at radius 1 is 1.00 bits per heavy atom. The summed E-state index contributed by atoms with van der Waals surface area (Å²) in [6.07, 6.45) is 2.79. The highest BCUT2D eigenvalue weighted by molar-refractivity contribution is 4.58. The minimum absolute atomic E-state index is 0.0926. The van der Waals surface area contributed by atoms with Crippen LogP contribution < -0.4 is 0 Å². The van der Waals surface area contributed by atoms with Gasteiger partial charge in [0, 0.05) is 5.92 Å². The van der Waals surface area contributed by atoms with E-state index in [4.69, 9.17) is 10.2 Å². The Balaban J connectivity index is 3.50. The molecule has 0 fully saturated rings. The summed E-state index contributed by atoms with van der Waals surface area (Å²) in [6.45, 7) is 4.12. The number of hydrogen-bond donors (Lipinski definition) is 2. The van der Waals surface area contributed by atoms with E-state index in [0.717, 1.165) is 25.7 Å². The van der Waals surface area contributed by atoms with Crippen LogP contribution in [0.25, 0.3) is 0 Å². The third kappa shape index (κ3) is 3.85. The largest absolute Gasteiger partial charge is 0.368 e. The quantitative estimate of drug-likeness (QED) is 0.577. The minimum Gasteiger partial charge on any atom is -0.368 e. The predicted molar refractivity (Wildman–Crippen MR) is 41.5 cm³/mol. The second-order valence-corrected chi connectivity index (χ2v) is 2.75. The van der Waals surface area contributed by atoms with Crippen LogP contribution in [-0.4, -0.2) is 16.5 Å². The van der Waals surface area contributed by atoms with E-state index in [1.54, 1.807) is 0 Å². The summed E-state index contributed by atoms with van der Waals surface area (Å²) in [5.74, 6) is 0.0926. The Kier molecular flexibility index (Phi) is 5.64. The van der Waals surface area contributed by atoms with Crippen LogP contribution >= 0.6 is 0 Å². The number of rotatable bonds is 5. The molecule has 0 aliphatic rings. The molecule has 0 spiro atoms. The SMILES string of the molecule is CCCC(CCC)C(O)O. The van der Waals surface area contributed by atoms with E-state index >= 15 is 0 Å². The van der Waals surface area contributed by atoms with Gasteiger partial charge in [-0.05, 0) is 12.8 Å². The summed E-state index contributed by atoms with van der Waals surface area (Å²) >= 11 is 0. The number of aliphatic hydroxyl groups is 2. The van der Waals surface area contributed by atoms with Gasteiger partial charge in [0.05, 0.1) is 0 Å². The third-order valence-electron chi connectivity index (χ3n) is 1.74. The monoisotopic (exact) mass is 146 g/mol. The van der Waals surface area contributed by atoms with Crippen LogP contribution in [0, 0.1) is 5.92 Å². The minimum atomic E-state index is -1.11. The molecule has 2 heteroatoms. The zero-order valence-electron chi connectivity index (χ0n) is 6.88. The average molecular weight is 146 g/mol. The third-order valence-corrected chi connectivity index (χ3v) is 1.74. The van der Waals surface area contributed by atoms with Crippen molar-refractivity contribution in [2.24, 2.45) is 5.92 Å². The Morgan fingerprint density at radius 3 is 1.60 bits per heavy atom. The fourth-order valence-electron chi connectivity index (χ4n) is 1.18. The first-order valence-corrected chi connectivity index (χ1v) is 4.08. The molecule has 0 aromatic carbocycles. The molecule has 0 amide bonds. The summed E-state index contributed by atoms with van der Waals surface area (Å²) in [5.41, 5.74) is 0. The summed E-state index contributed by atoms with van der Waals surface area (Å²) in [5, 5.41) is 17.7. The number of hydrogen-bond acceptors (Lipinski definition) is 2. The van der Waals surface area contributed by atoms with Crippen LogP contribution in [0.15, 0.2) is 0 Å². The molecule has 0 bridgehead atoms. The normalized spacial score (nSPS) is 11.4. The van der Waals surface area contributed by atoms with E-state index in [0.29, 0.717) is 0 Å². The van der Waals surface area contributed by atoms with Crippen LogP contribution in [0.1, 0.15) is 39.5 Å². The van der Waals surface area contributed by atoms with Gasteiger partial charge in [0.25, 0.3) is 0 Å².